The first-order valence-electron chi connectivity index (χ1n) is 6.13. The molecule has 0 amide bonds. The number of hydrogen-bond acceptors (Lipinski definition) is 2. The zero-order valence-corrected chi connectivity index (χ0v) is 10.5. The minimum Gasteiger partial charge on any atom is -0.326 e. The fourth-order valence-electron chi connectivity index (χ4n) is 2.47. The van der Waals surface area contributed by atoms with E-state index in [9.17, 15) is 0 Å². The van der Waals surface area contributed by atoms with E-state index in [2.05, 4.69) is 50.1 Å². The first kappa shape index (κ1) is 11.6. The molecule has 0 radical (unpaired) electrons. The van der Waals surface area contributed by atoms with Crippen LogP contribution in [0.4, 0.5) is 0 Å². The summed E-state index contributed by atoms with van der Waals surface area (Å²) >= 11 is 0. The topological polar surface area (TPSA) is 29.3 Å². The van der Waals surface area contributed by atoms with Crippen molar-refractivity contribution < 1.29 is 0 Å². The van der Waals surface area contributed by atoms with Crippen LogP contribution in [-0.2, 0) is 0 Å². The van der Waals surface area contributed by atoms with E-state index in [4.69, 9.17) is 5.73 Å². The molecule has 1 aromatic rings. The van der Waals surface area contributed by atoms with E-state index in [0.29, 0.717) is 6.04 Å². The zero-order chi connectivity index (χ0) is 11.7. The van der Waals surface area contributed by atoms with Crippen LogP contribution in [0.1, 0.15) is 36.9 Å². The SMILES string of the molecule is Cc1cccc(C(C(C)N)N(C)C2CC2)c1. The van der Waals surface area contributed by atoms with Crippen molar-refractivity contribution in [2.75, 3.05) is 7.05 Å². The molecule has 0 saturated heterocycles. The zero-order valence-electron chi connectivity index (χ0n) is 10.5. The predicted molar refractivity (Wildman–Crippen MR) is 68.4 cm³/mol. The summed E-state index contributed by atoms with van der Waals surface area (Å²) in [5, 5.41) is 0. The molecular weight excluding hydrogens is 196 g/mol. The quantitative estimate of drug-likeness (QED) is 0.841. The minimum absolute atomic E-state index is 0.174. The Kier molecular flexibility index (Phi) is 3.31. The monoisotopic (exact) mass is 218 g/mol. The van der Waals surface area contributed by atoms with Gasteiger partial charge in [-0.25, -0.2) is 0 Å². The van der Waals surface area contributed by atoms with E-state index in [1.807, 2.05) is 0 Å². The molecule has 0 heterocycles. The van der Waals surface area contributed by atoms with Crippen molar-refractivity contribution in [1.29, 1.82) is 0 Å². The summed E-state index contributed by atoms with van der Waals surface area (Å²) in [6.45, 7) is 4.24. The van der Waals surface area contributed by atoms with Gasteiger partial charge < -0.3 is 5.73 Å². The number of likely N-dealkylation sites (N-methyl/N-ethyl adjacent to an activating group) is 1. The maximum Gasteiger partial charge on any atom is 0.0496 e. The van der Waals surface area contributed by atoms with Gasteiger partial charge in [-0.15, -0.1) is 0 Å². The minimum atomic E-state index is 0.174. The average Bonchev–Trinajstić information content (AvgIpc) is 3.00. The third-order valence-corrected chi connectivity index (χ3v) is 3.44. The molecule has 2 atom stereocenters. The van der Waals surface area contributed by atoms with E-state index in [0.717, 1.165) is 6.04 Å². The average molecular weight is 218 g/mol. The summed E-state index contributed by atoms with van der Waals surface area (Å²) in [7, 11) is 2.20. The molecule has 1 aliphatic carbocycles. The first-order chi connectivity index (χ1) is 7.59. The van der Waals surface area contributed by atoms with Gasteiger partial charge in [0.25, 0.3) is 0 Å². The third kappa shape index (κ3) is 2.45. The van der Waals surface area contributed by atoms with Gasteiger partial charge in [-0.05, 0) is 39.3 Å². The van der Waals surface area contributed by atoms with Crippen molar-refractivity contribution in [2.24, 2.45) is 5.73 Å². The van der Waals surface area contributed by atoms with Gasteiger partial charge in [-0.3, -0.25) is 4.90 Å². The van der Waals surface area contributed by atoms with E-state index in [1.165, 1.54) is 24.0 Å². The number of benzene rings is 1. The fraction of sp³-hybridized carbons (Fsp3) is 0.571. The van der Waals surface area contributed by atoms with Crippen molar-refractivity contribution in [3.63, 3.8) is 0 Å². The number of nitrogens with two attached hydrogens (primary N) is 1. The smallest absolute Gasteiger partial charge is 0.0496 e. The van der Waals surface area contributed by atoms with Crippen LogP contribution in [0.2, 0.25) is 0 Å². The highest BCUT2D eigenvalue weighted by Crippen LogP contribution is 2.34. The first-order valence-corrected chi connectivity index (χ1v) is 6.13. The van der Waals surface area contributed by atoms with Crippen molar-refractivity contribution in [3.8, 4) is 0 Å². The van der Waals surface area contributed by atoms with Gasteiger partial charge in [0, 0.05) is 18.1 Å². The standard InChI is InChI=1S/C14H22N2/c1-10-5-4-6-12(9-10)14(11(2)15)16(3)13-7-8-13/h4-6,9,11,13-14H,7-8,15H2,1-3H3. The molecule has 0 spiro atoms. The van der Waals surface area contributed by atoms with Crippen molar-refractivity contribution in [2.45, 2.75) is 44.8 Å². The molecule has 2 nitrogen and oxygen atoms in total. The number of rotatable bonds is 4. The Hall–Kier alpha value is -0.860. The highest BCUT2D eigenvalue weighted by molar-refractivity contribution is 5.26. The molecule has 1 aliphatic rings. The molecule has 1 aromatic carbocycles. The molecule has 2 unspecified atom stereocenters. The van der Waals surface area contributed by atoms with Crippen molar-refractivity contribution in [1.82, 2.24) is 4.90 Å². The van der Waals surface area contributed by atoms with Crippen LogP contribution in [0, 0.1) is 6.92 Å². The maximum absolute atomic E-state index is 6.14. The lowest BCUT2D eigenvalue weighted by atomic mass is 9.98. The van der Waals surface area contributed by atoms with Crippen LogP contribution in [0.25, 0.3) is 0 Å². The number of nitrogens with zero attached hydrogens (tertiary/aromatic N) is 1. The molecule has 1 saturated carbocycles. The summed E-state index contributed by atoms with van der Waals surface area (Å²) in [4.78, 5) is 2.44. The van der Waals surface area contributed by atoms with Crippen LogP contribution in [-0.4, -0.2) is 24.0 Å². The molecule has 2 rings (SSSR count). The molecule has 0 aliphatic heterocycles. The van der Waals surface area contributed by atoms with Gasteiger partial charge in [-0.2, -0.15) is 0 Å². The van der Waals surface area contributed by atoms with E-state index < -0.39 is 0 Å². The molecule has 16 heavy (non-hydrogen) atoms. The molecule has 2 N–H and O–H groups in total. The van der Waals surface area contributed by atoms with Gasteiger partial charge in [-0.1, -0.05) is 29.8 Å². The van der Waals surface area contributed by atoms with Gasteiger partial charge >= 0.3 is 0 Å². The van der Waals surface area contributed by atoms with E-state index in [1.54, 1.807) is 0 Å². The second kappa shape index (κ2) is 4.56. The van der Waals surface area contributed by atoms with Gasteiger partial charge in [0.05, 0.1) is 0 Å². The second-order valence-electron chi connectivity index (χ2n) is 5.11. The molecule has 0 aromatic heterocycles. The van der Waals surface area contributed by atoms with Gasteiger partial charge in [0.2, 0.25) is 0 Å². The van der Waals surface area contributed by atoms with Gasteiger partial charge in [0.1, 0.15) is 0 Å². The second-order valence-corrected chi connectivity index (χ2v) is 5.11. The molecule has 88 valence electrons. The largest absolute Gasteiger partial charge is 0.326 e. The highest BCUT2D eigenvalue weighted by Gasteiger charge is 2.33. The molecule has 0 bridgehead atoms. The molecule has 2 heteroatoms. The molecular formula is C14H22N2. The lowest BCUT2D eigenvalue weighted by Gasteiger charge is -2.31. The Morgan fingerprint density at radius 2 is 2.06 bits per heavy atom. The number of hydrogen-bond donors (Lipinski definition) is 1. The van der Waals surface area contributed by atoms with Crippen LogP contribution in [0.5, 0.6) is 0 Å². The Morgan fingerprint density at radius 3 is 2.56 bits per heavy atom. The predicted octanol–water partition coefficient (Wildman–Crippen LogP) is 2.48. The summed E-state index contributed by atoms with van der Waals surface area (Å²) < 4.78 is 0. The summed E-state index contributed by atoms with van der Waals surface area (Å²) in [6.07, 6.45) is 2.65. The van der Waals surface area contributed by atoms with Gasteiger partial charge in [0.15, 0.2) is 0 Å². The van der Waals surface area contributed by atoms with E-state index in [-0.39, 0.29) is 6.04 Å². The fourth-order valence-corrected chi connectivity index (χ4v) is 2.47. The summed E-state index contributed by atoms with van der Waals surface area (Å²) in [5.74, 6) is 0. The van der Waals surface area contributed by atoms with Crippen molar-refractivity contribution in [3.05, 3.63) is 35.4 Å². The normalized spacial score (nSPS) is 19.8. The van der Waals surface area contributed by atoms with E-state index >= 15 is 0 Å². The van der Waals surface area contributed by atoms with Crippen LogP contribution >= 0.6 is 0 Å². The lowest BCUT2D eigenvalue weighted by molar-refractivity contribution is 0.209. The Morgan fingerprint density at radius 1 is 1.38 bits per heavy atom. The third-order valence-electron chi connectivity index (χ3n) is 3.44. The van der Waals surface area contributed by atoms with Crippen LogP contribution < -0.4 is 5.73 Å². The maximum atomic E-state index is 6.14. The Balaban J connectivity index is 2.24. The van der Waals surface area contributed by atoms with Crippen LogP contribution in [0.15, 0.2) is 24.3 Å². The lowest BCUT2D eigenvalue weighted by Crippen LogP contribution is -2.38. The molecule has 1 fully saturated rings. The van der Waals surface area contributed by atoms with Crippen molar-refractivity contribution >= 4 is 0 Å². The Labute approximate surface area is 98.4 Å². The number of aryl methyl sites for hydroxylation is 1. The highest BCUT2D eigenvalue weighted by atomic mass is 15.2. The summed E-state index contributed by atoms with van der Waals surface area (Å²) in [6, 6.07) is 9.99. The summed E-state index contributed by atoms with van der Waals surface area (Å²) in [5.41, 5.74) is 8.81. The van der Waals surface area contributed by atoms with Crippen LogP contribution in [0.3, 0.4) is 0 Å². The Bertz CT molecular complexity index is 356.